The third-order valence-electron chi connectivity index (χ3n) is 3.46. The van der Waals surface area contributed by atoms with Gasteiger partial charge in [0.2, 0.25) is 0 Å². The number of hydrogen-bond donors (Lipinski definition) is 0. The second-order valence-corrected chi connectivity index (χ2v) is 8.98. The van der Waals surface area contributed by atoms with E-state index in [0.717, 1.165) is 51.8 Å². The SMILES string of the molecule is CCCc1cc(OCC=C(Br)Br)cc(C)c1OCCCCON=C(C)C. The smallest absolute Gasteiger partial charge is 0.125 e. The first-order chi connectivity index (χ1) is 12.4. The molecule has 0 saturated heterocycles. The highest BCUT2D eigenvalue weighted by molar-refractivity contribution is 9.28. The molecule has 0 unspecified atom stereocenters. The molecule has 0 amide bonds. The first-order valence-electron chi connectivity index (χ1n) is 8.97. The van der Waals surface area contributed by atoms with Gasteiger partial charge >= 0.3 is 0 Å². The van der Waals surface area contributed by atoms with Crippen LogP contribution in [0.3, 0.4) is 0 Å². The highest BCUT2D eigenvalue weighted by Gasteiger charge is 2.10. The molecule has 0 N–H and O–H groups in total. The van der Waals surface area contributed by atoms with E-state index in [4.69, 9.17) is 14.3 Å². The van der Waals surface area contributed by atoms with E-state index < -0.39 is 0 Å². The van der Waals surface area contributed by atoms with Gasteiger partial charge in [0.05, 0.1) is 15.7 Å². The number of benzene rings is 1. The lowest BCUT2D eigenvalue weighted by molar-refractivity contribution is 0.135. The van der Waals surface area contributed by atoms with Crippen molar-refractivity contribution in [3.05, 3.63) is 32.7 Å². The van der Waals surface area contributed by atoms with Crippen molar-refractivity contribution < 1.29 is 14.3 Å². The molecule has 1 aromatic rings. The summed E-state index contributed by atoms with van der Waals surface area (Å²) in [5, 5.41) is 3.93. The van der Waals surface area contributed by atoms with Crippen molar-refractivity contribution in [2.45, 2.75) is 53.4 Å². The Morgan fingerprint density at radius 1 is 1.12 bits per heavy atom. The molecule has 0 spiro atoms. The zero-order valence-corrected chi connectivity index (χ0v) is 19.3. The van der Waals surface area contributed by atoms with Gasteiger partial charge in [-0.05, 0) is 101 Å². The molecule has 0 atom stereocenters. The van der Waals surface area contributed by atoms with E-state index in [2.05, 4.69) is 56.9 Å². The number of rotatable bonds is 12. The molecule has 1 rings (SSSR count). The van der Waals surface area contributed by atoms with Gasteiger partial charge in [-0.25, -0.2) is 0 Å². The molecule has 0 aromatic heterocycles. The molecule has 0 bridgehead atoms. The molecular formula is C20H29Br2NO3. The van der Waals surface area contributed by atoms with Crippen molar-refractivity contribution >= 4 is 37.6 Å². The van der Waals surface area contributed by atoms with Crippen LogP contribution in [-0.2, 0) is 11.3 Å². The summed E-state index contributed by atoms with van der Waals surface area (Å²) >= 11 is 6.67. The quantitative estimate of drug-likeness (QED) is 0.190. The van der Waals surface area contributed by atoms with E-state index in [9.17, 15) is 0 Å². The summed E-state index contributed by atoms with van der Waals surface area (Å²) in [5.41, 5.74) is 3.24. The Balaban J connectivity index is 2.60. The zero-order chi connectivity index (χ0) is 19.4. The van der Waals surface area contributed by atoms with Crippen LogP contribution in [0.1, 0.15) is 51.2 Å². The summed E-state index contributed by atoms with van der Waals surface area (Å²) < 4.78 is 12.8. The van der Waals surface area contributed by atoms with Crippen molar-refractivity contribution in [1.82, 2.24) is 0 Å². The lowest BCUT2D eigenvalue weighted by Gasteiger charge is -2.16. The topological polar surface area (TPSA) is 40.0 Å². The summed E-state index contributed by atoms with van der Waals surface area (Å²) in [6.45, 7) is 9.89. The average molecular weight is 491 g/mol. The fourth-order valence-corrected chi connectivity index (χ4v) is 2.64. The second kappa shape index (κ2) is 13.2. The monoisotopic (exact) mass is 489 g/mol. The lowest BCUT2D eigenvalue weighted by atomic mass is 10.0. The molecule has 6 heteroatoms. The second-order valence-electron chi connectivity index (χ2n) is 6.21. The van der Waals surface area contributed by atoms with Gasteiger partial charge in [-0.2, -0.15) is 0 Å². The van der Waals surface area contributed by atoms with Crippen molar-refractivity contribution in [2.24, 2.45) is 5.16 Å². The van der Waals surface area contributed by atoms with Crippen LogP contribution in [0.25, 0.3) is 0 Å². The van der Waals surface area contributed by atoms with Gasteiger partial charge in [0.25, 0.3) is 0 Å². The minimum atomic E-state index is 0.511. The summed E-state index contributed by atoms with van der Waals surface area (Å²) in [5.74, 6) is 1.86. The third kappa shape index (κ3) is 9.62. The van der Waals surface area contributed by atoms with Crippen LogP contribution in [0.15, 0.2) is 26.8 Å². The number of hydrogen-bond acceptors (Lipinski definition) is 4. The minimum absolute atomic E-state index is 0.511. The number of ether oxygens (including phenoxy) is 2. The Hall–Kier alpha value is -1.01. The maximum Gasteiger partial charge on any atom is 0.125 e. The van der Waals surface area contributed by atoms with Gasteiger partial charge in [-0.1, -0.05) is 18.5 Å². The van der Waals surface area contributed by atoms with Crippen molar-refractivity contribution in [3.8, 4) is 11.5 Å². The van der Waals surface area contributed by atoms with Gasteiger partial charge in [0.15, 0.2) is 0 Å². The van der Waals surface area contributed by atoms with Crippen LogP contribution in [-0.4, -0.2) is 25.5 Å². The van der Waals surface area contributed by atoms with E-state index in [1.165, 1.54) is 5.56 Å². The molecular weight excluding hydrogens is 462 g/mol. The molecule has 0 aliphatic carbocycles. The summed E-state index contributed by atoms with van der Waals surface area (Å²) in [6, 6.07) is 4.12. The number of oxime groups is 1. The lowest BCUT2D eigenvalue weighted by Crippen LogP contribution is -2.05. The predicted octanol–water partition coefficient (Wildman–Crippen LogP) is 6.53. The van der Waals surface area contributed by atoms with E-state index in [1.54, 1.807) is 0 Å². The maximum atomic E-state index is 6.07. The summed E-state index contributed by atoms with van der Waals surface area (Å²) in [6.07, 6.45) is 5.82. The van der Waals surface area contributed by atoms with E-state index in [1.807, 2.05) is 26.0 Å². The van der Waals surface area contributed by atoms with Gasteiger partial charge in [0, 0.05) is 0 Å². The maximum absolute atomic E-state index is 6.07. The molecule has 0 saturated carbocycles. The van der Waals surface area contributed by atoms with Gasteiger partial charge in [-0.15, -0.1) is 0 Å². The van der Waals surface area contributed by atoms with Crippen molar-refractivity contribution in [1.29, 1.82) is 0 Å². The van der Waals surface area contributed by atoms with Crippen LogP contribution in [0.2, 0.25) is 0 Å². The number of nitrogens with zero attached hydrogens (tertiary/aromatic N) is 1. The van der Waals surface area contributed by atoms with E-state index in [0.29, 0.717) is 19.8 Å². The zero-order valence-electron chi connectivity index (χ0n) is 16.1. The Labute approximate surface area is 174 Å². The van der Waals surface area contributed by atoms with Crippen LogP contribution < -0.4 is 9.47 Å². The van der Waals surface area contributed by atoms with Gasteiger partial charge < -0.3 is 14.3 Å². The Kier molecular flexibility index (Phi) is 11.7. The van der Waals surface area contributed by atoms with Crippen molar-refractivity contribution in [3.63, 3.8) is 0 Å². The summed E-state index contributed by atoms with van der Waals surface area (Å²) in [4.78, 5) is 5.21. The van der Waals surface area contributed by atoms with Crippen molar-refractivity contribution in [2.75, 3.05) is 19.8 Å². The fourth-order valence-electron chi connectivity index (χ4n) is 2.37. The third-order valence-corrected chi connectivity index (χ3v) is 4.10. The normalized spacial score (nSPS) is 10.2. The molecule has 1 aromatic carbocycles. The molecule has 26 heavy (non-hydrogen) atoms. The fraction of sp³-hybridized carbons (Fsp3) is 0.550. The molecule has 0 aliphatic rings. The molecule has 4 nitrogen and oxygen atoms in total. The van der Waals surface area contributed by atoms with Crippen LogP contribution >= 0.6 is 31.9 Å². The van der Waals surface area contributed by atoms with Gasteiger partial charge in [0.1, 0.15) is 24.7 Å². The van der Waals surface area contributed by atoms with Crippen LogP contribution in [0.4, 0.5) is 0 Å². The molecule has 0 aliphatic heterocycles. The predicted molar refractivity (Wildman–Crippen MR) is 116 cm³/mol. The van der Waals surface area contributed by atoms with Crippen LogP contribution in [0, 0.1) is 6.92 Å². The Morgan fingerprint density at radius 3 is 2.50 bits per heavy atom. The highest BCUT2D eigenvalue weighted by Crippen LogP contribution is 2.30. The first-order valence-corrected chi connectivity index (χ1v) is 10.6. The number of aryl methyl sites for hydroxylation is 2. The molecule has 0 fully saturated rings. The minimum Gasteiger partial charge on any atom is -0.493 e. The number of halogens is 2. The highest BCUT2D eigenvalue weighted by atomic mass is 79.9. The van der Waals surface area contributed by atoms with Crippen LogP contribution in [0.5, 0.6) is 11.5 Å². The van der Waals surface area contributed by atoms with E-state index in [-0.39, 0.29) is 0 Å². The van der Waals surface area contributed by atoms with E-state index >= 15 is 0 Å². The number of unbranched alkanes of at least 4 members (excludes halogenated alkanes) is 1. The molecule has 0 radical (unpaired) electrons. The van der Waals surface area contributed by atoms with Gasteiger partial charge in [-0.3, -0.25) is 0 Å². The molecule has 0 heterocycles. The summed E-state index contributed by atoms with van der Waals surface area (Å²) in [7, 11) is 0. The first kappa shape index (κ1) is 23.0. The standard InChI is InChI=1S/C20H29Br2NO3/c1-5-8-17-14-18(24-12-9-19(21)22)13-16(4)20(17)25-10-6-7-11-26-23-15(2)3/h9,13-14H,5-8,10-12H2,1-4H3. The Bertz CT molecular complexity index is 607. The molecule has 146 valence electrons. The largest absolute Gasteiger partial charge is 0.493 e. The average Bonchev–Trinajstić information content (AvgIpc) is 2.55. The Morgan fingerprint density at radius 2 is 1.85 bits per heavy atom.